The summed E-state index contributed by atoms with van der Waals surface area (Å²) in [5, 5.41) is 0. The van der Waals surface area contributed by atoms with Crippen LogP contribution in [0.1, 0.15) is 20.3 Å². The predicted octanol–water partition coefficient (Wildman–Crippen LogP) is 1.62. The minimum atomic E-state index is 0. The van der Waals surface area contributed by atoms with Gasteiger partial charge < -0.3 is 6.42 Å². The van der Waals surface area contributed by atoms with E-state index in [1.807, 2.05) is 0 Å². The maximum atomic E-state index is 2.12. The Morgan fingerprint density at radius 2 is 1.80 bits per heavy atom. The molecule has 0 N–H and O–H groups in total. The van der Waals surface area contributed by atoms with Gasteiger partial charge in [-0.05, 0) is 0 Å². The van der Waals surface area contributed by atoms with E-state index in [-0.39, 0.29) is 26.2 Å². The van der Waals surface area contributed by atoms with Gasteiger partial charge in [0.1, 0.15) is 0 Å². The Balaban J connectivity index is 0. The van der Waals surface area contributed by atoms with E-state index >= 15 is 0 Å². The van der Waals surface area contributed by atoms with Crippen LogP contribution >= 0.6 is 0 Å². The van der Waals surface area contributed by atoms with Crippen molar-refractivity contribution >= 4 is 0 Å². The summed E-state index contributed by atoms with van der Waals surface area (Å²) in [6, 6.07) is 0. The average Bonchev–Trinajstić information content (AvgIpc) is 1.37. The van der Waals surface area contributed by atoms with Crippen molar-refractivity contribution in [1.82, 2.24) is 0 Å². The monoisotopic (exact) mass is 147 g/mol. The van der Waals surface area contributed by atoms with E-state index < -0.39 is 0 Å². The predicted molar refractivity (Wildman–Crippen MR) is 20.3 cm³/mol. The van der Waals surface area contributed by atoms with Gasteiger partial charge in [-0.2, -0.15) is 13.3 Å². The first-order valence-corrected chi connectivity index (χ1v) is 1.69. The molecule has 0 aliphatic heterocycles. The molecule has 0 nitrogen and oxygen atoms in total. The fraction of sp³-hybridized carbons (Fsp3) is 0.750. The fourth-order valence-electron chi connectivity index (χ4n) is 0. The molecule has 0 heterocycles. The standard InChI is InChI=1S/C4H9.Zr/c1-3-4-2;/h3H,4H2,1-2H3;/q-1;. The minimum absolute atomic E-state index is 0. The Kier molecular flexibility index (Phi) is 16.5. The number of rotatable bonds is 1. The van der Waals surface area contributed by atoms with Gasteiger partial charge in [-0.25, -0.2) is 0 Å². The van der Waals surface area contributed by atoms with Crippen molar-refractivity contribution in [1.29, 1.82) is 0 Å². The zero-order valence-corrected chi connectivity index (χ0v) is 6.24. The van der Waals surface area contributed by atoms with Crippen molar-refractivity contribution in [2.24, 2.45) is 0 Å². The van der Waals surface area contributed by atoms with E-state index in [0.29, 0.717) is 0 Å². The quantitative estimate of drug-likeness (QED) is 0.496. The summed E-state index contributed by atoms with van der Waals surface area (Å²) in [5.41, 5.74) is 0. The summed E-state index contributed by atoms with van der Waals surface area (Å²) in [7, 11) is 0. The smallest absolute Gasteiger partial charge is 0 e. The Labute approximate surface area is 53.1 Å². The molecule has 0 saturated heterocycles. The van der Waals surface area contributed by atoms with Crippen molar-refractivity contribution in [3.05, 3.63) is 6.42 Å². The van der Waals surface area contributed by atoms with Crippen LogP contribution in [0.15, 0.2) is 0 Å². The molecule has 0 aromatic rings. The first-order chi connectivity index (χ1) is 1.91. The Hall–Kier alpha value is 0.883. The molecule has 0 amide bonds. The molecule has 1 heteroatoms. The third-order valence-electron chi connectivity index (χ3n) is 0.408. The summed E-state index contributed by atoms with van der Waals surface area (Å²) < 4.78 is 0. The first kappa shape index (κ1) is 9.30. The minimum Gasteiger partial charge on any atom is -0.332 e. The van der Waals surface area contributed by atoms with E-state index in [1.165, 1.54) is 6.42 Å². The van der Waals surface area contributed by atoms with Gasteiger partial charge in [-0.3, -0.25) is 0 Å². The summed E-state index contributed by atoms with van der Waals surface area (Å²) in [6.07, 6.45) is 3.32. The molecular formula is C4H9Zr-. The molecule has 0 aromatic heterocycles. The van der Waals surface area contributed by atoms with Gasteiger partial charge in [-0.15, -0.1) is 0 Å². The van der Waals surface area contributed by atoms with Crippen LogP contribution in [0.4, 0.5) is 0 Å². The molecule has 0 rings (SSSR count). The second kappa shape index (κ2) is 8.86. The van der Waals surface area contributed by atoms with Crippen LogP contribution in [0.3, 0.4) is 0 Å². The fourth-order valence-corrected chi connectivity index (χ4v) is 0. The van der Waals surface area contributed by atoms with Crippen molar-refractivity contribution in [2.45, 2.75) is 20.3 Å². The zero-order chi connectivity index (χ0) is 3.41. The van der Waals surface area contributed by atoms with Crippen molar-refractivity contribution in [3.8, 4) is 0 Å². The van der Waals surface area contributed by atoms with Crippen molar-refractivity contribution in [3.63, 3.8) is 0 Å². The van der Waals surface area contributed by atoms with Crippen molar-refractivity contribution in [2.75, 3.05) is 0 Å². The summed E-state index contributed by atoms with van der Waals surface area (Å²) in [4.78, 5) is 0. The van der Waals surface area contributed by atoms with Crippen LogP contribution in [0.5, 0.6) is 0 Å². The van der Waals surface area contributed by atoms with Crippen molar-refractivity contribution < 1.29 is 26.2 Å². The summed E-state index contributed by atoms with van der Waals surface area (Å²) in [6.45, 7) is 4.18. The van der Waals surface area contributed by atoms with Gasteiger partial charge in [0.05, 0.1) is 0 Å². The second-order valence-electron chi connectivity index (χ2n) is 0.816. The molecule has 30 valence electrons. The third-order valence-corrected chi connectivity index (χ3v) is 0.408. The SMILES string of the molecule is C[CH-]CC.[Zr]. The summed E-state index contributed by atoms with van der Waals surface area (Å²) in [5.74, 6) is 0. The zero-order valence-electron chi connectivity index (χ0n) is 3.78. The number of hydrogen-bond donors (Lipinski definition) is 0. The molecular weight excluding hydrogens is 139 g/mol. The molecule has 0 unspecified atom stereocenters. The molecule has 0 fully saturated rings. The molecule has 5 heavy (non-hydrogen) atoms. The number of unbranched alkanes of at least 4 members (excludes halogenated alkanes) is 1. The molecule has 0 saturated carbocycles. The Bertz CT molecular complexity index is 5.61. The van der Waals surface area contributed by atoms with Gasteiger partial charge in [0.15, 0.2) is 0 Å². The molecule has 0 radical (unpaired) electrons. The number of hydrogen-bond acceptors (Lipinski definition) is 0. The Morgan fingerprint density at radius 3 is 1.80 bits per heavy atom. The van der Waals surface area contributed by atoms with E-state index in [4.69, 9.17) is 0 Å². The molecule has 0 aliphatic rings. The molecule has 0 aromatic carbocycles. The van der Waals surface area contributed by atoms with E-state index in [2.05, 4.69) is 20.3 Å². The Morgan fingerprint density at radius 1 is 1.60 bits per heavy atom. The van der Waals surface area contributed by atoms with Crippen LogP contribution < -0.4 is 0 Å². The van der Waals surface area contributed by atoms with E-state index in [1.54, 1.807) is 0 Å². The first-order valence-electron chi connectivity index (χ1n) is 1.69. The van der Waals surface area contributed by atoms with Gasteiger partial charge in [0.25, 0.3) is 0 Å². The van der Waals surface area contributed by atoms with Gasteiger partial charge >= 0.3 is 0 Å². The van der Waals surface area contributed by atoms with E-state index in [9.17, 15) is 0 Å². The average molecular weight is 148 g/mol. The summed E-state index contributed by atoms with van der Waals surface area (Å²) >= 11 is 0. The van der Waals surface area contributed by atoms with E-state index in [0.717, 1.165) is 0 Å². The second-order valence-corrected chi connectivity index (χ2v) is 0.816. The molecule has 0 aliphatic carbocycles. The molecule has 0 bridgehead atoms. The largest absolute Gasteiger partial charge is 0.332 e. The van der Waals surface area contributed by atoms with Crippen LogP contribution in [-0.4, -0.2) is 0 Å². The topological polar surface area (TPSA) is 0 Å². The maximum Gasteiger partial charge on any atom is 0 e. The van der Waals surface area contributed by atoms with Gasteiger partial charge in [0.2, 0.25) is 0 Å². The molecule has 0 spiro atoms. The van der Waals surface area contributed by atoms with Crippen LogP contribution in [0.2, 0.25) is 0 Å². The van der Waals surface area contributed by atoms with Crippen LogP contribution in [0, 0.1) is 6.42 Å². The third kappa shape index (κ3) is 11.4. The molecule has 0 atom stereocenters. The maximum absolute atomic E-state index is 2.12. The van der Waals surface area contributed by atoms with Gasteiger partial charge in [0, 0.05) is 26.2 Å². The van der Waals surface area contributed by atoms with Crippen LogP contribution in [-0.2, 0) is 26.2 Å². The van der Waals surface area contributed by atoms with Crippen LogP contribution in [0.25, 0.3) is 0 Å². The van der Waals surface area contributed by atoms with Gasteiger partial charge in [-0.1, -0.05) is 6.92 Å². The normalized spacial score (nSPS) is 6.00.